The van der Waals surface area contributed by atoms with Crippen LogP contribution in [0.4, 0.5) is 5.82 Å². The molecule has 0 spiro atoms. The number of nitrogens with one attached hydrogen (secondary N) is 1. The minimum absolute atomic E-state index is 0.0516. The molecule has 1 saturated heterocycles. The van der Waals surface area contributed by atoms with Crippen molar-refractivity contribution >= 4 is 17.6 Å². The molecule has 2 rings (SSSR count). The second kappa shape index (κ2) is 5.93. The van der Waals surface area contributed by atoms with Crippen molar-refractivity contribution in [3.8, 4) is 12.3 Å². The normalized spacial score (nSPS) is 20.5. The highest BCUT2D eigenvalue weighted by molar-refractivity contribution is 6.00. The number of nitrogens with zero attached hydrogens (tertiary/aromatic N) is 3. The van der Waals surface area contributed by atoms with Crippen molar-refractivity contribution in [3.63, 3.8) is 0 Å². The van der Waals surface area contributed by atoms with E-state index in [1.807, 2.05) is 6.92 Å². The molecule has 0 radical (unpaired) electrons. The zero-order valence-corrected chi connectivity index (χ0v) is 12.7. The van der Waals surface area contributed by atoms with Gasteiger partial charge in [-0.05, 0) is 25.3 Å². The van der Waals surface area contributed by atoms with Gasteiger partial charge < -0.3 is 16.0 Å². The van der Waals surface area contributed by atoms with Crippen LogP contribution in [-0.4, -0.2) is 46.1 Å². The van der Waals surface area contributed by atoms with Crippen LogP contribution in [0, 0.1) is 12.3 Å². The molecule has 0 unspecified atom stereocenters. The summed E-state index contributed by atoms with van der Waals surface area (Å²) in [5.41, 5.74) is 5.80. The number of nitrogens with two attached hydrogens (primary N) is 1. The number of amides is 2. The number of anilines is 1. The molecule has 1 fully saturated rings. The Morgan fingerprint density at radius 3 is 2.77 bits per heavy atom. The van der Waals surface area contributed by atoms with Crippen LogP contribution in [0.15, 0.2) is 12.7 Å². The number of terminal acetylenes is 1. The van der Waals surface area contributed by atoms with Crippen LogP contribution in [0.5, 0.6) is 0 Å². The zero-order valence-electron chi connectivity index (χ0n) is 12.7. The third-order valence-corrected chi connectivity index (χ3v) is 3.89. The summed E-state index contributed by atoms with van der Waals surface area (Å²) in [6.07, 6.45) is 7.41. The minimum atomic E-state index is -0.631. The molecule has 2 amide bonds. The number of rotatable bonds is 4. The van der Waals surface area contributed by atoms with Crippen molar-refractivity contribution in [3.05, 3.63) is 23.9 Å². The number of primary amides is 1. The Bertz CT molecular complexity index is 670. The van der Waals surface area contributed by atoms with E-state index in [0.29, 0.717) is 18.8 Å². The molecular formula is C15H19N5O2. The summed E-state index contributed by atoms with van der Waals surface area (Å²) in [7, 11) is 1.67. The van der Waals surface area contributed by atoms with E-state index in [1.54, 1.807) is 16.6 Å². The Morgan fingerprint density at radius 2 is 2.27 bits per heavy atom. The average molecular weight is 301 g/mol. The second-order valence-corrected chi connectivity index (χ2v) is 5.21. The molecule has 0 aromatic carbocycles. The first-order chi connectivity index (χ1) is 10.4. The average Bonchev–Trinajstić information content (AvgIpc) is 3.06. The van der Waals surface area contributed by atoms with Crippen LogP contribution >= 0.6 is 0 Å². The highest BCUT2D eigenvalue weighted by atomic mass is 16.2. The molecule has 7 nitrogen and oxygen atoms in total. The number of carbonyl (C=O) groups is 2. The maximum atomic E-state index is 11.8. The van der Waals surface area contributed by atoms with E-state index < -0.39 is 5.91 Å². The van der Waals surface area contributed by atoms with Crippen LogP contribution in [0.25, 0.3) is 0 Å². The van der Waals surface area contributed by atoms with Gasteiger partial charge in [0, 0.05) is 19.6 Å². The van der Waals surface area contributed by atoms with E-state index in [2.05, 4.69) is 22.9 Å². The molecule has 2 heterocycles. The number of carbonyl (C=O) groups excluding carboxylic acids is 2. The molecule has 0 aliphatic carbocycles. The van der Waals surface area contributed by atoms with Crippen LogP contribution in [0.1, 0.15) is 35.4 Å². The number of hydrogen-bond acceptors (Lipinski definition) is 4. The zero-order chi connectivity index (χ0) is 16.4. The van der Waals surface area contributed by atoms with Crippen molar-refractivity contribution in [2.45, 2.75) is 25.4 Å². The molecule has 2 atom stereocenters. The summed E-state index contributed by atoms with van der Waals surface area (Å²) in [6.45, 7) is 5.95. The van der Waals surface area contributed by atoms with Crippen molar-refractivity contribution < 1.29 is 9.59 Å². The summed E-state index contributed by atoms with van der Waals surface area (Å²) < 4.78 is 1.65. The standard InChI is InChI=1S/C15H19N5O2/c1-5-11-13(14(16)22)15(17-4)20(18-11)10-7-9(3)19(8-10)12(21)6-2/h1,6,9-10,17H,2,7-8H2,3-4H3,(H2,16,22)/t9-,10+/m1/s1. The lowest BCUT2D eigenvalue weighted by atomic mass is 10.2. The smallest absolute Gasteiger partial charge is 0.255 e. The van der Waals surface area contributed by atoms with E-state index in [0.717, 1.165) is 0 Å². The highest BCUT2D eigenvalue weighted by Crippen LogP contribution is 2.31. The van der Waals surface area contributed by atoms with Crippen LogP contribution < -0.4 is 11.1 Å². The fourth-order valence-corrected chi connectivity index (χ4v) is 2.88. The lowest BCUT2D eigenvalue weighted by Crippen LogP contribution is -2.32. The van der Waals surface area contributed by atoms with Gasteiger partial charge in [-0.25, -0.2) is 4.68 Å². The van der Waals surface area contributed by atoms with E-state index in [4.69, 9.17) is 12.2 Å². The van der Waals surface area contributed by atoms with Crippen LogP contribution in [-0.2, 0) is 4.79 Å². The first-order valence-electron chi connectivity index (χ1n) is 6.94. The van der Waals surface area contributed by atoms with Gasteiger partial charge in [0.15, 0.2) is 0 Å². The Labute approximate surface area is 129 Å². The van der Waals surface area contributed by atoms with Crippen molar-refractivity contribution in [2.75, 3.05) is 18.9 Å². The molecule has 116 valence electrons. The van der Waals surface area contributed by atoms with E-state index in [1.165, 1.54) is 6.08 Å². The van der Waals surface area contributed by atoms with Gasteiger partial charge in [0.05, 0.1) is 6.04 Å². The summed E-state index contributed by atoms with van der Waals surface area (Å²) in [5.74, 6) is 2.10. The lowest BCUT2D eigenvalue weighted by Gasteiger charge is -2.19. The summed E-state index contributed by atoms with van der Waals surface area (Å²) >= 11 is 0. The first kappa shape index (κ1) is 15.6. The first-order valence-corrected chi connectivity index (χ1v) is 6.94. The summed E-state index contributed by atoms with van der Waals surface area (Å²) in [5, 5.41) is 7.24. The Morgan fingerprint density at radius 1 is 1.59 bits per heavy atom. The number of hydrogen-bond donors (Lipinski definition) is 2. The Kier molecular flexibility index (Phi) is 4.22. The van der Waals surface area contributed by atoms with Gasteiger partial charge in [-0.1, -0.05) is 6.58 Å². The number of aromatic nitrogens is 2. The number of likely N-dealkylation sites (tertiary alicyclic amines) is 1. The fraction of sp³-hybridized carbons (Fsp3) is 0.400. The van der Waals surface area contributed by atoms with Crippen LogP contribution in [0.3, 0.4) is 0 Å². The Hall–Kier alpha value is -2.75. The van der Waals surface area contributed by atoms with Gasteiger partial charge >= 0.3 is 0 Å². The molecule has 7 heteroatoms. The van der Waals surface area contributed by atoms with Crippen molar-refractivity contribution in [2.24, 2.45) is 5.73 Å². The molecule has 1 aliphatic heterocycles. The van der Waals surface area contributed by atoms with Gasteiger partial charge in [-0.15, -0.1) is 6.42 Å². The van der Waals surface area contributed by atoms with Crippen molar-refractivity contribution in [1.82, 2.24) is 14.7 Å². The summed E-state index contributed by atoms with van der Waals surface area (Å²) in [6, 6.07) is -0.0303. The van der Waals surface area contributed by atoms with Gasteiger partial charge in [0.2, 0.25) is 5.91 Å². The molecule has 0 saturated carbocycles. The monoisotopic (exact) mass is 301 g/mol. The van der Waals surface area contributed by atoms with E-state index in [9.17, 15) is 9.59 Å². The van der Waals surface area contributed by atoms with E-state index >= 15 is 0 Å². The molecule has 1 aromatic heterocycles. The van der Waals surface area contributed by atoms with Crippen LogP contribution in [0.2, 0.25) is 0 Å². The highest BCUT2D eigenvalue weighted by Gasteiger charge is 2.35. The molecule has 1 aliphatic rings. The molecule has 22 heavy (non-hydrogen) atoms. The van der Waals surface area contributed by atoms with Gasteiger partial charge in [-0.2, -0.15) is 5.10 Å². The lowest BCUT2D eigenvalue weighted by molar-refractivity contribution is -0.126. The molecule has 1 aromatic rings. The van der Waals surface area contributed by atoms with Gasteiger partial charge in [-0.3, -0.25) is 9.59 Å². The van der Waals surface area contributed by atoms with Gasteiger partial charge in [0.25, 0.3) is 5.91 Å². The van der Waals surface area contributed by atoms with Crippen molar-refractivity contribution in [1.29, 1.82) is 0 Å². The largest absolute Gasteiger partial charge is 0.373 e. The Balaban J connectivity index is 2.42. The maximum absolute atomic E-state index is 11.8. The second-order valence-electron chi connectivity index (χ2n) is 5.21. The molecule has 0 bridgehead atoms. The van der Waals surface area contributed by atoms with Gasteiger partial charge in [0.1, 0.15) is 17.1 Å². The topological polar surface area (TPSA) is 93.2 Å². The summed E-state index contributed by atoms with van der Waals surface area (Å²) in [4.78, 5) is 25.2. The third-order valence-electron chi connectivity index (χ3n) is 3.89. The SMILES string of the molecule is C#Cc1nn([C@H]2C[C@@H](C)N(C(=O)C=C)C2)c(NC)c1C(N)=O. The third kappa shape index (κ3) is 2.44. The molecule has 3 N–H and O–H groups in total. The minimum Gasteiger partial charge on any atom is -0.373 e. The molecular weight excluding hydrogens is 282 g/mol. The predicted molar refractivity (Wildman–Crippen MR) is 83.3 cm³/mol. The quantitative estimate of drug-likeness (QED) is 0.620. The van der Waals surface area contributed by atoms with E-state index in [-0.39, 0.29) is 29.2 Å². The fourth-order valence-electron chi connectivity index (χ4n) is 2.88. The maximum Gasteiger partial charge on any atom is 0.255 e. The predicted octanol–water partition coefficient (Wildman–Crippen LogP) is 0.353.